The number of carbonyl (C=O) groups is 1. The zero-order valence-corrected chi connectivity index (χ0v) is 7.96. The summed E-state index contributed by atoms with van der Waals surface area (Å²) in [6.45, 7) is 3.27. The molecular formula is C10H12O3. The first-order valence-electron chi connectivity index (χ1n) is 3.96. The molecule has 13 heavy (non-hydrogen) atoms. The highest BCUT2D eigenvalue weighted by molar-refractivity contribution is 5.69. The molecule has 1 aromatic carbocycles. The maximum Gasteiger partial charge on any atom is 0.308 e. The van der Waals surface area contributed by atoms with Crippen LogP contribution < -0.4 is 9.47 Å². The Morgan fingerprint density at radius 1 is 1.38 bits per heavy atom. The molecule has 0 N–H and O–H groups in total. The lowest BCUT2D eigenvalue weighted by Crippen LogP contribution is -2.01. The fourth-order valence-corrected chi connectivity index (χ4v) is 1.08. The number of esters is 1. The summed E-state index contributed by atoms with van der Waals surface area (Å²) in [6, 6.07) is 5.24. The molecule has 0 fully saturated rings. The second-order valence-corrected chi connectivity index (χ2v) is 2.73. The molecule has 0 aromatic heterocycles. The van der Waals surface area contributed by atoms with Crippen LogP contribution in [0.1, 0.15) is 12.5 Å². The molecule has 3 nitrogen and oxygen atoms in total. The standard InChI is InChI=1S/C10H12O3/c1-7-6-9(13-8(2)11)4-5-10(7)12-3/h4-6H,1-3H3. The summed E-state index contributed by atoms with van der Waals surface area (Å²) in [4.78, 5) is 10.6. The Kier molecular flexibility index (Phi) is 2.90. The number of benzene rings is 1. The van der Waals surface area contributed by atoms with E-state index in [0.29, 0.717) is 5.75 Å². The maximum absolute atomic E-state index is 10.6. The largest absolute Gasteiger partial charge is 0.496 e. The quantitative estimate of drug-likeness (QED) is 0.515. The van der Waals surface area contributed by atoms with E-state index in [0.717, 1.165) is 11.3 Å². The van der Waals surface area contributed by atoms with E-state index < -0.39 is 0 Å². The van der Waals surface area contributed by atoms with Crippen LogP contribution in [0.4, 0.5) is 0 Å². The summed E-state index contributed by atoms with van der Waals surface area (Å²) in [5.41, 5.74) is 0.946. The van der Waals surface area contributed by atoms with Gasteiger partial charge in [-0.25, -0.2) is 0 Å². The fourth-order valence-electron chi connectivity index (χ4n) is 1.08. The van der Waals surface area contributed by atoms with Gasteiger partial charge in [0, 0.05) is 6.92 Å². The van der Waals surface area contributed by atoms with Crippen LogP contribution >= 0.6 is 0 Å². The highest BCUT2D eigenvalue weighted by Gasteiger charge is 2.01. The first-order valence-corrected chi connectivity index (χ1v) is 3.96. The topological polar surface area (TPSA) is 35.5 Å². The van der Waals surface area contributed by atoms with E-state index in [9.17, 15) is 4.79 Å². The molecule has 1 rings (SSSR count). The van der Waals surface area contributed by atoms with Crippen molar-refractivity contribution < 1.29 is 14.3 Å². The van der Waals surface area contributed by atoms with Gasteiger partial charge in [0.25, 0.3) is 0 Å². The van der Waals surface area contributed by atoms with Crippen LogP contribution in [0.2, 0.25) is 0 Å². The van der Waals surface area contributed by atoms with Crippen molar-refractivity contribution in [2.24, 2.45) is 0 Å². The lowest BCUT2D eigenvalue weighted by molar-refractivity contribution is -0.131. The molecule has 0 atom stereocenters. The molecule has 0 heterocycles. The molecule has 3 heteroatoms. The van der Waals surface area contributed by atoms with Crippen LogP contribution in [0.5, 0.6) is 11.5 Å². The van der Waals surface area contributed by atoms with Gasteiger partial charge < -0.3 is 9.47 Å². The van der Waals surface area contributed by atoms with Gasteiger partial charge in [-0.2, -0.15) is 0 Å². The zero-order valence-electron chi connectivity index (χ0n) is 7.96. The minimum atomic E-state index is -0.315. The van der Waals surface area contributed by atoms with E-state index in [1.807, 2.05) is 6.92 Å². The molecule has 0 aliphatic rings. The summed E-state index contributed by atoms with van der Waals surface area (Å²) in [5, 5.41) is 0. The average Bonchev–Trinajstić information content (AvgIpc) is 2.03. The van der Waals surface area contributed by atoms with Crippen LogP contribution in [0, 0.1) is 6.92 Å². The van der Waals surface area contributed by atoms with Crippen molar-refractivity contribution in [3.63, 3.8) is 0 Å². The minimum absolute atomic E-state index is 0.315. The third-order valence-electron chi connectivity index (χ3n) is 1.63. The van der Waals surface area contributed by atoms with E-state index in [1.54, 1.807) is 25.3 Å². The summed E-state index contributed by atoms with van der Waals surface area (Å²) in [5.74, 6) is 1.02. The van der Waals surface area contributed by atoms with Crippen LogP contribution in [0.25, 0.3) is 0 Å². The summed E-state index contributed by atoms with van der Waals surface area (Å²) in [7, 11) is 1.60. The zero-order chi connectivity index (χ0) is 9.84. The van der Waals surface area contributed by atoms with Crippen molar-refractivity contribution in [2.75, 3.05) is 7.11 Å². The second kappa shape index (κ2) is 3.94. The first kappa shape index (κ1) is 9.58. The van der Waals surface area contributed by atoms with Crippen molar-refractivity contribution >= 4 is 5.97 Å². The number of rotatable bonds is 2. The number of carbonyl (C=O) groups excluding carboxylic acids is 1. The molecule has 0 saturated heterocycles. The minimum Gasteiger partial charge on any atom is -0.496 e. The Labute approximate surface area is 77.3 Å². The Balaban J connectivity index is 2.89. The second-order valence-electron chi connectivity index (χ2n) is 2.73. The molecule has 0 radical (unpaired) electrons. The van der Waals surface area contributed by atoms with Crippen LogP contribution in [0.15, 0.2) is 18.2 Å². The molecule has 0 aliphatic carbocycles. The number of methoxy groups -OCH3 is 1. The molecule has 70 valence electrons. The van der Waals surface area contributed by atoms with Crippen molar-refractivity contribution in [3.8, 4) is 11.5 Å². The maximum atomic E-state index is 10.6. The Morgan fingerprint density at radius 2 is 2.08 bits per heavy atom. The van der Waals surface area contributed by atoms with Gasteiger partial charge in [0.1, 0.15) is 11.5 Å². The summed E-state index contributed by atoms with van der Waals surface area (Å²) >= 11 is 0. The van der Waals surface area contributed by atoms with E-state index in [1.165, 1.54) is 6.92 Å². The van der Waals surface area contributed by atoms with Gasteiger partial charge in [0.15, 0.2) is 0 Å². The monoisotopic (exact) mass is 180 g/mol. The third kappa shape index (κ3) is 2.47. The van der Waals surface area contributed by atoms with Crippen LogP contribution in [0.3, 0.4) is 0 Å². The number of hydrogen-bond acceptors (Lipinski definition) is 3. The molecule has 0 amide bonds. The molecule has 0 bridgehead atoms. The van der Waals surface area contributed by atoms with Crippen LogP contribution in [-0.2, 0) is 4.79 Å². The van der Waals surface area contributed by atoms with Gasteiger partial charge in [-0.15, -0.1) is 0 Å². The predicted octanol–water partition coefficient (Wildman–Crippen LogP) is 1.93. The summed E-state index contributed by atoms with van der Waals surface area (Å²) < 4.78 is 9.96. The van der Waals surface area contributed by atoms with E-state index >= 15 is 0 Å². The molecule has 0 unspecified atom stereocenters. The lowest BCUT2D eigenvalue weighted by Gasteiger charge is -2.06. The Morgan fingerprint density at radius 3 is 2.54 bits per heavy atom. The smallest absolute Gasteiger partial charge is 0.308 e. The number of hydrogen-bond donors (Lipinski definition) is 0. The number of aryl methyl sites for hydroxylation is 1. The van der Waals surface area contributed by atoms with Crippen molar-refractivity contribution in [3.05, 3.63) is 23.8 Å². The average molecular weight is 180 g/mol. The summed E-state index contributed by atoms with van der Waals surface area (Å²) in [6.07, 6.45) is 0. The van der Waals surface area contributed by atoms with Crippen molar-refractivity contribution in [2.45, 2.75) is 13.8 Å². The Bertz CT molecular complexity index is 318. The fraction of sp³-hybridized carbons (Fsp3) is 0.300. The van der Waals surface area contributed by atoms with Gasteiger partial charge in [0.2, 0.25) is 0 Å². The predicted molar refractivity (Wildman–Crippen MR) is 49.0 cm³/mol. The normalized spacial score (nSPS) is 9.46. The highest BCUT2D eigenvalue weighted by Crippen LogP contribution is 2.22. The molecule has 0 spiro atoms. The number of ether oxygens (including phenoxy) is 2. The van der Waals surface area contributed by atoms with E-state index in [4.69, 9.17) is 9.47 Å². The van der Waals surface area contributed by atoms with E-state index in [2.05, 4.69) is 0 Å². The van der Waals surface area contributed by atoms with Gasteiger partial charge in [-0.05, 0) is 30.7 Å². The molecule has 0 aliphatic heterocycles. The Hall–Kier alpha value is -1.51. The van der Waals surface area contributed by atoms with E-state index in [-0.39, 0.29) is 5.97 Å². The first-order chi connectivity index (χ1) is 6.13. The highest BCUT2D eigenvalue weighted by atomic mass is 16.5. The SMILES string of the molecule is COc1ccc(OC(C)=O)cc1C. The van der Waals surface area contributed by atoms with Gasteiger partial charge >= 0.3 is 5.97 Å². The third-order valence-corrected chi connectivity index (χ3v) is 1.63. The molecule has 0 saturated carbocycles. The lowest BCUT2D eigenvalue weighted by atomic mass is 10.2. The van der Waals surface area contributed by atoms with Gasteiger partial charge in [-0.1, -0.05) is 0 Å². The molecular weight excluding hydrogens is 168 g/mol. The van der Waals surface area contributed by atoms with Crippen molar-refractivity contribution in [1.29, 1.82) is 0 Å². The van der Waals surface area contributed by atoms with Gasteiger partial charge in [0.05, 0.1) is 7.11 Å². The van der Waals surface area contributed by atoms with Crippen molar-refractivity contribution in [1.82, 2.24) is 0 Å². The van der Waals surface area contributed by atoms with Crippen LogP contribution in [-0.4, -0.2) is 13.1 Å². The molecule has 1 aromatic rings. The van der Waals surface area contributed by atoms with Gasteiger partial charge in [-0.3, -0.25) is 4.79 Å².